The highest BCUT2D eigenvalue weighted by molar-refractivity contribution is 8.93. The van der Waals surface area contributed by atoms with E-state index < -0.39 is 5.54 Å². The fourth-order valence-corrected chi connectivity index (χ4v) is 6.37. The third-order valence-corrected chi connectivity index (χ3v) is 10.0. The summed E-state index contributed by atoms with van der Waals surface area (Å²) in [7, 11) is 4.44. The molecular weight excluding hydrogens is 724 g/mol. The summed E-state index contributed by atoms with van der Waals surface area (Å²) >= 11 is 0. The minimum Gasteiger partial charge on any atom is -1.00 e. The van der Waals surface area contributed by atoms with Crippen molar-refractivity contribution in [3.63, 3.8) is 0 Å². The molecule has 0 aromatic rings. The summed E-state index contributed by atoms with van der Waals surface area (Å²) in [6.07, 6.45) is 42.6. The Morgan fingerprint density at radius 3 is 0.979 bits per heavy atom. The van der Waals surface area contributed by atoms with Crippen molar-refractivity contribution in [1.29, 1.82) is 0 Å². The zero-order valence-electron chi connectivity index (χ0n) is 33.8. The average molecular weight is 817 g/mol. The SMILES string of the molecule is Br.CCCCCCCCCCCCCCCCCCC(O)C(C)(C)N.CCCCCCCCCCCCCCCC[N+](C)(C)CCO.[Br-]. The van der Waals surface area contributed by atoms with Crippen LogP contribution in [0, 0.1) is 0 Å². The van der Waals surface area contributed by atoms with Crippen LogP contribution in [0.1, 0.15) is 227 Å². The van der Waals surface area contributed by atoms with Gasteiger partial charge in [-0.25, -0.2) is 0 Å². The van der Waals surface area contributed by atoms with Crippen molar-refractivity contribution in [2.45, 2.75) is 238 Å². The van der Waals surface area contributed by atoms with E-state index in [0.29, 0.717) is 6.61 Å². The first-order valence-corrected chi connectivity index (χ1v) is 21.0. The number of nitrogens with zero attached hydrogens (tertiary/aromatic N) is 1. The fourth-order valence-electron chi connectivity index (χ4n) is 6.37. The van der Waals surface area contributed by atoms with Crippen molar-refractivity contribution in [3.05, 3.63) is 0 Å². The predicted molar refractivity (Wildman–Crippen MR) is 218 cm³/mol. The summed E-state index contributed by atoms with van der Waals surface area (Å²) in [5.41, 5.74) is 5.45. The maximum atomic E-state index is 9.88. The second kappa shape index (κ2) is 42.2. The summed E-state index contributed by atoms with van der Waals surface area (Å²) in [4.78, 5) is 0. The van der Waals surface area contributed by atoms with Gasteiger partial charge in [-0.15, -0.1) is 17.0 Å². The van der Waals surface area contributed by atoms with E-state index in [-0.39, 0.29) is 40.1 Å². The molecule has 0 radical (unpaired) electrons. The first-order valence-electron chi connectivity index (χ1n) is 21.0. The summed E-state index contributed by atoms with van der Waals surface area (Å²) in [6.45, 7) is 10.8. The number of hydrogen-bond donors (Lipinski definition) is 3. The largest absolute Gasteiger partial charge is 1.00 e. The molecule has 0 rings (SSSR count). The molecule has 296 valence electrons. The van der Waals surface area contributed by atoms with Gasteiger partial charge in [0.1, 0.15) is 6.54 Å². The summed E-state index contributed by atoms with van der Waals surface area (Å²) < 4.78 is 0.967. The molecule has 0 aliphatic carbocycles. The van der Waals surface area contributed by atoms with E-state index in [1.54, 1.807) is 0 Å². The number of aliphatic hydroxyl groups is 2. The Bertz CT molecular complexity index is 572. The molecule has 0 heterocycles. The van der Waals surface area contributed by atoms with Crippen molar-refractivity contribution in [3.8, 4) is 0 Å². The molecule has 1 unspecified atom stereocenters. The second-order valence-corrected chi connectivity index (χ2v) is 16.1. The molecule has 6 heteroatoms. The van der Waals surface area contributed by atoms with Crippen molar-refractivity contribution in [2.75, 3.05) is 33.8 Å². The lowest BCUT2D eigenvalue weighted by Gasteiger charge is -2.28. The van der Waals surface area contributed by atoms with E-state index in [1.807, 2.05) is 13.8 Å². The highest BCUT2D eigenvalue weighted by Crippen LogP contribution is 2.17. The molecule has 48 heavy (non-hydrogen) atoms. The van der Waals surface area contributed by atoms with E-state index in [1.165, 1.54) is 193 Å². The minimum absolute atomic E-state index is 0. The molecule has 0 fully saturated rings. The molecule has 4 N–H and O–H groups in total. The molecule has 0 aliphatic rings. The average Bonchev–Trinajstić information content (AvgIpc) is 3.00. The zero-order valence-corrected chi connectivity index (χ0v) is 37.1. The van der Waals surface area contributed by atoms with Crippen LogP contribution >= 0.6 is 17.0 Å². The highest BCUT2D eigenvalue weighted by Gasteiger charge is 2.21. The Labute approximate surface area is 325 Å². The number of nitrogens with two attached hydrogens (primary N) is 1. The summed E-state index contributed by atoms with van der Waals surface area (Å²) in [5, 5.41) is 18.9. The molecule has 0 saturated carbocycles. The number of aliphatic hydroxyl groups excluding tert-OH is 2. The van der Waals surface area contributed by atoms with Gasteiger partial charge in [-0.3, -0.25) is 0 Å². The lowest BCUT2D eigenvalue weighted by molar-refractivity contribution is -0.890. The Hall–Kier alpha value is 0.800. The number of hydrogen-bond acceptors (Lipinski definition) is 3. The van der Waals surface area contributed by atoms with E-state index >= 15 is 0 Å². The van der Waals surface area contributed by atoms with Gasteiger partial charge >= 0.3 is 0 Å². The van der Waals surface area contributed by atoms with E-state index in [0.717, 1.165) is 23.9 Å². The lowest BCUT2D eigenvalue weighted by atomic mass is 9.94. The van der Waals surface area contributed by atoms with Crippen LogP contribution in [0.5, 0.6) is 0 Å². The van der Waals surface area contributed by atoms with E-state index in [2.05, 4.69) is 27.9 Å². The van der Waals surface area contributed by atoms with Crippen molar-refractivity contribution >= 4 is 17.0 Å². The number of halogens is 2. The van der Waals surface area contributed by atoms with Crippen LogP contribution in [-0.4, -0.2) is 60.1 Å². The van der Waals surface area contributed by atoms with Crippen LogP contribution in [0.4, 0.5) is 0 Å². The van der Waals surface area contributed by atoms with Gasteiger partial charge in [0, 0.05) is 5.54 Å². The van der Waals surface area contributed by atoms with Gasteiger partial charge in [0.05, 0.1) is 33.4 Å². The van der Waals surface area contributed by atoms with Gasteiger partial charge in [0.2, 0.25) is 0 Å². The molecule has 0 aromatic carbocycles. The molecule has 0 amide bonds. The molecule has 1 atom stereocenters. The van der Waals surface area contributed by atoms with E-state index in [9.17, 15) is 5.11 Å². The quantitative estimate of drug-likeness (QED) is 0.0441. The van der Waals surface area contributed by atoms with Crippen LogP contribution in [0.15, 0.2) is 0 Å². The van der Waals surface area contributed by atoms with Gasteiger partial charge < -0.3 is 37.4 Å². The first kappa shape index (κ1) is 55.6. The first-order chi connectivity index (χ1) is 22.1. The number of unbranched alkanes of at least 4 members (excludes halogenated alkanes) is 28. The Morgan fingerprint density at radius 2 is 0.729 bits per heavy atom. The van der Waals surface area contributed by atoms with Crippen molar-refractivity contribution < 1.29 is 31.7 Å². The Morgan fingerprint density at radius 1 is 0.479 bits per heavy atom. The molecule has 0 bridgehead atoms. The normalized spacial score (nSPS) is 12.2. The van der Waals surface area contributed by atoms with Gasteiger partial charge in [0.25, 0.3) is 0 Å². The molecule has 4 nitrogen and oxygen atoms in total. The van der Waals surface area contributed by atoms with Crippen LogP contribution in [0.3, 0.4) is 0 Å². The highest BCUT2D eigenvalue weighted by atomic mass is 79.9. The van der Waals surface area contributed by atoms with Crippen LogP contribution in [0.25, 0.3) is 0 Å². The summed E-state index contributed by atoms with van der Waals surface area (Å²) in [6, 6.07) is 0. The maximum Gasteiger partial charge on any atom is 0.102 e. The van der Waals surface area contributed by atoms with Crippen LogP contribution in [0.2, 0.25) is 0 Å². The molecule has 0 aromatic heterocycles. The molecular formula is C42H92Br2N2O2. The van der Waals surface area contributed by atoms with Crippen molar-refractivity contribution in [2.24, 2.45) is 5.73 Å². The maximum absolute atomic E-state index is 9.88. The van der Waals surface area contributed by atoms with Gasteiger partial charge in [-0.05, 0) is 33.1 Å². The number of likely N-dealkylation sites (N-methyl/N-ethyl adjacent to an activating group) is 1. The van der Waals surface area contributed by atoms with Crippen LogP contribution in [-0.2, 0) is 0 Å². The smallest absolute Gasteiger partial charge is 0.102 e. The Balaban J connectivity index is -0.000000389. The zero-order chi connectivity index (χ0) is 34.6. The van der Waals surface area contributed by atoms with E-state index in [4.69, 9.17) is 10.8 Å². The van der Waals surface area contributed by atoms with Gasteiger partial charge in [0.15, 0.2) is 0 Å². The molecule has 0 aliphatic heterocycles. The fraction of sp³-hybridized carbons (Fsp3) is 1.00. The third kappa shape index (κ3) is 46.8. The predicted octanol–water partition coefficient (Wildman–Crippen LogP) is 9.85. The standard InChI is InChI=1S/C22H47NO.C20H44NO.2BrH/c1-4-5-6-7-8-9-10-11-12-13-14-15-16-17-18-19-20-21(24)22(2,3)23;1-4-5-6-7-8-9-10-11-12-13-14-15-16-17-18-21(2,3)19-20-22;;/h21,24H,4-20,23H2,1-3H3;22H,4-20H2,1-3H3;2*1H/q;+1;;/p-1. The van der Waals surface area contributed by atoms with Gasteiger partial charge in [-0.1, -0.05) is 194 Å². The summed E-state index contributed by atoms with van der Waals surface area (Å²) in [5.74, 6) is 0. The topological polar surface area (TPSA) is 66.5 Å². The number of quaternary nitrogens is 1. The van der Waals surface area contributed by atoms with Crippen molar-refractivity contribution in [1.82, 2.24) is 0 Å². The molecule has 0 spiro atoms. The van der Waals surface area contributed by atoms with Gasteiger partial charge in [-0.2, -0.15) is 0 Å². The third-order valence-electron chi connectivity index (χ3n) is 10.0. The minimum atomic E-state index is -0.449. The Kier molecular flexibility index (Phi) is 48.9. The molecule has 0 saturated heterocycles. The van der Waals surface area contributed by atoms with Crippen LogP contribution < -0.4 is 22.7 Å². The number of rotatable bonds is 35. The second-order valence-electron chi connectivity index (χ2n) is 16.1. The monoisotopic (exact) mass is 815 g/mol. The lowest BCUT2D eigenvalue weighted by Crippen LogP contribution is -3.00.